The minimum atomic E-state index is -0.886. The smallest absolute Gasteiger partial charge is 0.330 e. The summed E-state index contributed by atoms with van der Waals surface area (Å²) >= 11 is 0. The van der Waals surface area contributed by atoms with E-state index in [1.54, 1.807) is 0 Å². The Labute approximate surface area is 118 Å². The van der Waals surface area contributed by atoms with Gasteiger partial charge < -0.3 is 21.9 Å². The van der Waals surface area contributed by atoms with Crippen molar-refractivity contribution < 1.29 is 14.3 Å². The van der Waals surface area contributed by atoms with Crippen LogP contribution < -0.4 is 17.2 Å². The third-order valence-corrected chi connectivity index (χ3v) is 2.82. The Kier molecular flexibility index (Phi) is 6.86. The van der Waals surface area contributed by atoms with Crippen molar-refractivity contribution in [1.29, 1.82) is 0 Å². The molecule has 0 fully saturated rings. The number of esters is 2. The zero-order valence-corrected chi connectivity index (χ0v) is 11.3. The van der Waals surface area contributed by atoms with Crippen LogP contribution in [-0.4, -0.2) is 30.6 Å². The molecular weight excluding hydrogens is 258 g/mol. The van der Waals surface area contributed by atoms with Crippen molar-refractivity contribution >= 4 is 11.9 Å². The summed E-state index contributed by atoms with van der Waals surface area (Å²) in [7, 11) is 0. The standard InChI is InChI=1S/C14H21N3O3/c15-8-4-7-11(16)13(18)20-14(19)12(17)9-10-5-2-1-3-6-10/h1-3,5-6,11-12H,4,7-9,15-17H2/t11-,12+/m1/s1. The Balaban J connectivity index is 2.43. The molecule has 0 amide bonds. The van der Waals surface area contributed by atoms with Crippen LogP contribution in [0, 0.1) is 0 Å². The molecule has 0 spiro atoms. The van der Waals surface area contributed by atoms with Gasteiger partial charge in [-0.25, -0.2) is 9.59 Å². The summed E-state index contributed by atoms with van der Waals surface area (Å²) in [4.78, 5) is 23.2. The average Bonchev–Trinajstić information content (AvgIpc) is 2.45. The molecule has 0 aromatic heterocycles. The quantitative estimate of drug-likeness (QED) is 0.465. The second kappa shape index (κ2) is 8.42. The molecule has 1 rings (SSSR count). The molecular formula is C14H21N3O3. The van der Waals surface area contributed by atoms with Gasteiger partial charge in [-0.05, 0) is 31.4 Å². The van der Waals surface area contributed by atoms with E-state index in [0.717, 1.165) is 5.56 Å². The third kappa shape index (κ3) is 5.48. The monoisotopic (exact) mass is 279 g/mol. The van der Waals surface area contributed by atoms with Crippen LogP contribution in [0.1, 0.15) is 18.4 Å². The van der Waals surface area contributed by atoms with Crippen LogP contribution in [-0.2, 0) is 20.7 Å². The van der Waals surface area contributed by atoms with Crippen molar-refractivity contribution in [2.45, 2.75) is 31.3 Å². The average molecular weight is 279 g/mol. The van der Waals surface area contributed by atoms with Gasteiger partial charge in [-0.1, -0.05) is 30.3 Å². The molecule has 6 heteroatoms. The fourth-order valence-electron chi connectivity index (χ4n) is 1.66. The molecule has 20 heavy (non-hydrogen) atoms. The van der Waals surface area contributed by atoms with Crippen LogP contribution >= 0.6 is 0 Å². The zero-order chi connectivity index (χ0) is 15.0. The van der Waals surface area contributed by atoms with E-state index in [1.165, 1.54) is 0 Å². The predicted octanol–water partition coefficient (Wildman–Crippen LogP) is -0.308. The number of rotatable bonds is 7. The number of ether oxygens (including phenoxy) is 1. The molecule has 1 aromatic carbocycles. The largest absolute Gasteiger partial charge is 0.391 e. The van der Waals surface area contributed by atoms with E-state index in [9.17, 15) is 9.59 Å². The van der Waals surface area contributed by atoms with Gasteiger partial charge in [0.05, 0.1) is 0 Å². The van der Waals surface area contributed by atoms with Crippen molar-refractivity contribution in [2.24, 2.45) is 17.2 Å². The minimum Gasteiger partial charge on any atom is -0.391 e. The first-order valence-electron chi connectivity index (χ1n) is 6.55. The summed E-state index contributed by atoms with van der Waals surface area (Å²) in [5.74, 6) is -1.52. The second-order valence-corrected chi connectivity index (χ2v) is 4.57. The lowest BCUT2D eigenvalue weighted by atomic mass is 10.1. The van der Waals surface area contributed by atoms with Crippen molar-refractivity contribution in [3.63, 3.8) is 0 Å². The Hall–Kier alpha value is -1.76. The van der Waals surface area contributed by atoms with E-state index in [4.69, 9.17) is 17.2 Å². The van der Waals surface area contributed by atoms with E-state index >= 15 is 0 Å². The summed E-state index contributed by atoms with van der Waals surface area (Å²) in [6.45, 7) is 0.433. The van der Waals surface area contributed by atoms with Gasteiger partial charge in [-0.3, -0.25) is 0 Å². The molecule has 0 aliphatic carbocycles. The summed E-state index contributed by atoms with van der Waals surface area (Å²) < 4.78 is 4.67. The minimum absolute atomic E-state index is 0.311. The van der Waals surface area contributed by atoms with Gasteiger partial charge in [-0.15, -0.1) is 0 Å². The van der Waals surface area contributed by atoms with Crippen molar-refractivity contribution in [3.05, 3.63) is 35.9 Å². The number of nitrogens with two attached hydrogens (primary N) is 3. The van der Waals surface area contributed by atoms with Crippen molar-refractivity contribution in [1.82, 2.24) is 0 Å². The highest BCUT2D eigenvalue weighted by Gasteiger charge is 2.22. The van der Waals surface area contributed by atoms with Gasteiger partial charge in [-0.2, -0.15) is 0 Å². The summed E-state index contributed by atoms with van der Waals surface area (Å²) in [6, 6.07) is 7.54. The second-order valence-electron chi connectivity index (χ2n) is 4.57. The molecule has 0 radical (unpaired) electrons. The predicted molar refractivity (Wildman–Crippen MR) is 75.5 cm³/mol. The molecule has 2 atom stereocenters. The zero-order valence-electron chi connectivity index (χ0n) is 11.3. The number of benzene rings is 1. The molecule has 0 aliphatic rings. The Morgan fingerprint density at radius 1 is 1.05 bits per heavy atom. The molecule has 1 aromatic rings. The Morgan fingerprint density at radius 2 is 1.65 bits per heavy atom. The molecule has 0 heterocycles. The molecule has 0 saturated heterocycles. The summed E-state index contributed by atoms with van der Waals surface area (Å²) in [6.07, 6.45) is 1.29. The van der Waals surface area contributed by atoms with Gasteiger partial charge in [0.15, 0.2) is 0 Å². The van der Waals surface area contributed by atoms with E-state index in [1.807, 2.05) is 30.3 Å². The lowest BCUT2D eigenvalue weighted by Crippen LogP contribution is -2.40. The van der Waals surface area contributed by atoms with E-state index in [2.05, 4.69) is 4.74 Å². The van der Waals surface area contributed by atoms with Crippen LogP contribution in [0.3, 0.4) is 0 Å². The first-order chi connectivity index (χ1) is 9.54. The highest BCUT2D eigenvalue weighted by molar-refractivity contribution is 5.90. The molecule has 0 unspecified atom stereocenters. The lowest BCUT2D eigenvalue weighted by Gasteiger charge is -2.13. The van der Waals surface area contributed by atoms with Crippen molar-refractivity contribution in [2.75, 3.05) is 6.54 Å². The van der Waals surface area contributed by atoms with Crippen molar-refractivity contribution in [3.8, 4) is 0 Å². The number of hydrogen-bond donors (Lipinski definition) is 3. The SMILES string of the molecule is NCCC[C@@H](N)C(=O)OC(=O)[C@@H](N)Cc1ccccc1. The number of hydrogen-bond acceptors (Lipinski definition) is 6. The van der Waals surface area contributed by atoms with Gasteiger partial charge in [0.1, 0.15) is 12.1 Å². The maximum atomic E-state index is 11.7. The summed E-state index contributed by atoms with van der Waals surface area (Å²) in [5, 5.41) is 0. The fraction of sp³-hybridized carbons (Fsp3) is 0.429. The highest BCUT2D eigenvalue weighted by Crippen LogP contribution is 2.04. The maximum Gasteiger partial charge on any atom is 0.330 e. The first-order valence-corrected chi connectivity index (χ1v) is 6.55. The van der Waals surface area contributed by atoms with Gasteiger partial charge in [0.2, 0.25) is 0 Å². The van der Waals surface area contributed by atoms with Crippen LogP contribution in [0.25, 0.3) is 0 Å². The fourth-order valence-corrected chi connectivity index (χ4v) is 1.66. The Morgan fingerprint density at radius 3 is 2.25 bits per heavy atom. The van der Waals surface area contributed by atoms with Crippen LogP contribution in [0.5, 0.6) is 0 Å². The van der Waals surface area contributed by atoms with Crippen LogP contribution in [0.2, 0.25) is 0 Å². The van der Waals surface area contributed by atoms with Gasteiger partial charge >= 0.3 is 11.9 Å². The molecule has 0 bridgehead atoms. The van der Waals surface area contributed by atoms with E-state index < -0.39 is 24.0 Å². The van der Waals surface area contributed by atoms with E-state index in [-0.39, 0.29) is 0 Å². The first kappa shape index (κ1) is 16.3. The molecule has 6 nitrogen and oxygen atoms in total. The van der Waals surface area contributed by atoms with Crippen LogP contribution in [0.4, 0.5) is 0 Å². The molecule has 0 aliphatic heterocycles. The molecule has 110 valence electrons. The maximum absolute atomic E-state index is 11.7. The highest BCUT2D eigenvalue weighted by atomic mass is 16.6. The summed E-state index contributed by atoms with van der Waals surface area (Å²) in [5.41, 5.74) is 17.5. The number of carbonyl (C=O) groups is 2. The molecule has 0 saturated carbocycles. The molecule has 6 N–H and O–H groups in total. The van der Waals surface area contributed by atoms with E-state index in [0.29, 0.717) is 25.8 Å². The van der Waals surface area contributed by atoms with Gasteiger partial charge in [0.25, 0.3) is 0 Å². The van der Waals surface area contributed by atoms with Gasteiger partial charge in [0, 0.05) is 0 Å². The Bertz CT molecular complexity index is 437. The normalized spacial score (nSPS) is 13.6. The lowest BCUT2D eigenvalue weighted by molar-refractivity contribution is -0.161. The third-order valence-electron chi connectivity index (χ3n) is 2.82. The van der Waals surface area contributed by atoms with Crippen LogP contribution in [0.15, 0.2) is 30.3 Å². The number of carbonyl (C=O) groups excluding carboxylic acids is 2. The topological polar surface area (TPSA) is 121 Å².